The highest BCUT2D eigenvalue weighted by molar-refractivity contribution is 14.1. The van der Waals surface area contributed by atoms with Crippen LogP contribution in [-0.2, 0) is 19.3 Å². The molecule has 0 amide bonds. The molecule has 4 heteroatoms. The van der Waals surface area contributed by atoms with E-state index in [1.165, 1.54) is 22.6 Å². The number of nitrogens with zero attached hydrogens (tertiary/aromatic N) is 2. The van der Waals surface area contributed by atoms with Crippen LogP contribution >= 0.6 is 22.6 Å². The van der Waals surface area contributed by atoms with Gasteiger partial charge in [0.25, 0.3) is 0 Å². The third-order valence-corrected chi connectivity index (χ3v) is 3.59. The average Bonchev–Trinajstić information content (AvgIpc) is 2.67. The first-order valence-electron chi connectivity index (χ1n) is 5.47. The maximum Gasteiger partial charge on any atom is 0.106 e. The van der Waals surface area contributed by atoms with Gasteiger partial charge in [-0.15, -0.1) is 0 Å². The van der Waals surface area contributed by atoms with Crippen LogP contribution in [0.2, 0.25) is 0 Å². The van der Waals surface area contributed by atoms with Crippen LogP contribution in [0.3, 0.4) is 0 Å². The van der Waals surface area contributed by atoms with Gasteiger partial charge in [0.1, 0.15) is 9.53 Å². The summed E-state index contributed by atoms with van der Waals surface area (Å²) in [5, 5.41) is 0. The van der Waals surface area contributed by atoms with Crippen molar-refractivity contribution in [2.45, 2.75) is 26.2 Å². The maximum absolute atomic E-state index is 4.60. The lowest BCUT2D eigenvalue weighted by atomic mass is 9.97. The number of fused-ring (bicyclic) bond motifs is 2. The molecule has 0 bridgehead atoms. The van der Waals surface area contributed by atoms with Crippen molar-refractivity contribution in [2.24, 2.45) is 0 Å². The average molecular weight is 325 g/mol. The van der Waals surface area contributed by atoms with Gasteiger partial charge >= 0.3 is 0 Å². The molecular formula is C12H12IN3. The number of pyridine rings is 1. The normalized spacial score (nSPS) is 13.4. The molecule has 16 heavy (non-hydrogen) atoms. The molecule has 0 saturated carbocycles. The van der Waals surface area contributed by atoms with E-state index in [9.17, 15) is 0 Å². The van der Waals surface area contributed by atoms with Crippen LogP contribution in [0.15, 0.2) is 12.1 Å². The number of hydrogen-bond acceptors (Lipinski definition) is 2. The van der Waals surface area contributed by atoms with Crippen LogP contribution < -0.4 is 0 Å². The molecular weight excluding hydrogens is 313 g/mol. The number of imidazole rings is 1. The molecule has 2 heterocycles. The molecule has 1 aliphatic carbocycles. The molecule has 2 aromatic heterocycles. The van der Waals surface area contributed by atoms with Gasteiger partial charge < -0.3 is 4.98 Å². The highest BCUT2D eigenvalue weighted by atomic mass is 127. The fourth-order valence-corrected chi connectivity index (χ4v) is 2.60. The van der Waals surface area contributed by atoms with E-state index < -0.39 is 0 Å². The Morgan fingerprint density at radius 3 is 2.94 bits per heavy atom. The second kappa shape index (κ2) is 3.84. The van der Waals surface area contributed by atoms with Crippen LogP contribution in [0, 0.1) is 3.70 Å². The zero-order valence-electron chi connectivity index (χ0n) is 9.05. The second-order valence-corrected chi connectivity index (χ2v) is 5.16. The first-order chi connectivity index (χ1) is 7.76. The molecule has 3 rings (SSSR count). The molecule has 0 aliphatic heterocycles. The molecule has 1 N–H and O–H groups in total. The largest absolute Gasteiger partial charge is 0.345 e. The van der Waals surface area contributed by atoms with E-state index in [0.717, 1.165) is 28.8 Å². The van der Waals surface area contributed by atoms with Gasteiger partial charge in [-0.2, -0.15) is 0 Å². The van der Waals surface area contributed by atoms with Gasteiger partial charge in [0, 0.05) is 25.0 Å². The Labute approximate surface area is 108 Å². The standard InChI is InChI=1S/C12H12IN3/c1-2-12-15-9-5-7-3-4-11(13)14-8(7)6-10(9)16-12/h3-4H,2,5-6H2,1H3,(H,15,16). The van der Waals surface area contributed by atoms with Crippen LogP contribution in [0.1, 0.15) is 35.4 Å². The molecule has 3 nitrogen and oxygen atoms in total. The van der Waals surface area contributed by atoms with E-state index in [2.05, 4.69) is 56.6 Å². The number of aromatic amines is 1. The topological polar surface area (TPSA) is 41.6 Å². The molecule has 1 aliphatic rings. The van der Waals surface area contributed by atoms with Gasteiger partial charge in [0.05, 0.1) is 11.4 Å². The van der Waals surface area contributed by atoms with Crippen molar-refractivity contribution in [3.8, 4) is 0 Å². The minimum atomic E-state index is 0.873. The summed E-state index contributed by atoms with van der Waals surface area (Å²) in [6.07, 6.45) is 2.79. The van der Waals surface area contributed by atoms with Crippen molar-refractivity contribution in [1.82, 2.24) is 15.0 Å². The molecule has 2 aromatic rings. The highest BCUT2D eigenvalue weighted by Crippen LogP contribution is 2.24. The maximum atomic E-state index is 4.60. The summed E-state index contributed by atoms with van der Waals surface area (Å²) in [5.74, 6) is 1.09. The lowest BCUT2D eigenvalue weighted by Gasteiger charge is -2.14. The van der Waals surface area contributed by atoms with Gasteiger partial charge in [0.2, 0.25) is 0 Å². The minimum absolute atomic E-state index is 0.873. The van der Waals surface area contributed by atoms with Crippen LogP contribution in [0.5, 0.6) is 0 Å². The smallest absolute Gasteiger partial charge is 0.106 e. The Hall–Kier alpha value is -0.910. The summed E-state index contributed by atoms with van der Waals surface area (Å²) < 4.78 is 1.06. The molecule has 0 fully saturated rings. The van der Waals surface area contributed by atoms with Gasteiger partial charge in [-0.3, -0.25) is 0 Å². The van der Waals surface area contributed by atoms with Crippen molar-refractivity contribution in [1.29, 1.82) is 0 Å². The summed E-state index contributed by atoms with van der Waals surface area (Å²) in [7, 11) is 0. The fraction of sp³-hybridized carbons (Fsp3) is 0.333. The monoisotopic (exact) mass is 325 g/mol. The molecule has 0 atom stereocenters. The van der Waals surface area contributed by atoms with Crippen molar-refractivity contribution in [2.75, 3.05) is 0 Å². The molecule has 0 radical (unpaired) electrons. The Morgan fingerprint density at radius 2 is 2.12 bits per heavy atom. The SMILES string of the molecule is CCc1nc2c([nH]1)Cc1ccc(I)nc1C2. The first-order valence-corrected chi connectivity index (χ1v) is 6.55. The summed E-state index contributed by atoms with van der Waals surface area (Å²) in [6.45, 7) is 2.12. The van der Waals surface area contributed by atoms with Crippen molar-refractivity contribution < 1.29 is 0 Å². The number of rotatable bonds is 1. The van der Waals surface area contributed by atoms with Crippen LogP contribution in [0.25, 0.3) is 0 Å². The van der Waals surface area contributed by atoms with Gasteiger partial charge in [0.15, 0.2) is 0 Å². The van der Waals surface area contributed by atoms with Crippen LogP contribution in [0.4, 0.5) is 0 Å². The van der Waals surface area contributed by atoms with E-state index in [1.54, 1.807) is 0 Å². The summed E-state index contributed by atoms with van der Waals surface area (Å²) >= 11 is 2.26. The Bertz CT molecular complexity index is 545. The van der Waals surface area contributed by atoms with Gasteiger partial charge in [-0.05, 0) is 34.2 Å². The molecule has 82 valence electrons. The molecule has 0 spiro atoms. The van der Waals surface area contributed by atoms with Crippen molar-refractivity contribution >= 4 is 22.6 Å². The number of H-pyrrole nitrogens is 1. The van der Waals surface area contributed by atoms with Crippen molar-refractivity contribution in [3.63, 3.8) is 0 Å². The Balaban J connectivity index is 2.04. The lowest BCUT2D eigenvalue weighted by Crippen LogP contribution is -2.09. The zero-order chi connectivity index (χ0) is 11.1. The first kappa shape index (κ1) is 10.3. The number of halogens is 1. The molecule has 0 aromatic carbocycles. The highest BCUT2D eigenvalue weighted by Gasteiger charge is 2.19. The minimum Gasteiger partial charge on any atom is -0.345 e. The quantitative estimate of drug-likeness (QED) is 0.552. The lowest BCUT2D eigenvalue weighted by molar-refractivity contribution is 0.897. The van der Waals surface area contributed by atoms with E-state index in [4.69, 9.17) is 0 Å². The van der Waals surface area contributed by atoms with E-state index >= 15 is 0 Å². The Morgan fingerprint density at radius 1 is 1.25 bits per heavy atom. The third-order valence-electron chi connectivity index (χ3n) is 2.98. The molecule has 0 unspecified atom stereocenters. The Kier molecular flexibility index (Phi) is 2.46. The summed E-state index contributed by atoms with van der Waals surface area (Å²) in [6, 6.07) is 4.25. The van der Waals surface area contributed by atoms with Crippen LogP contribution in [-0.4, -0.2) is 15.0 Å². The van der Waals surface area contributed by atoms with Gasteiger partial charge in [-0.1, -0.05) is 13.0 Å². The number of hydrogen-bond donors (Lipinski definition) is 1. The predicted molar refractivity (Wildman–Crippen MR) is 70.5 cm³/mol. The zero-order valence-corrected chi connectivity index (χ0v) is 11.2. The third kappa shape index (κ3) is 1.65. The van der Waals surface area contributed by atoms with E-state index in [-0.39, 0.29) is 0 Å². The number of aromatic nitrogens is 3. The van der Waals surface area contributed by atoms with Gasteiger partial charge in [-0.25, -0.2) is 9.97 Å². The molecule has 0 saturated heterocycles. The van der Waals surface area contributed by atoms with Crippen molar-refractivity contribution in [3.05, 3.63) is 44.3 Å². The number of aryl methyl sites for hydroxylation is 1. The van der Waals surface area contributed by atoms with E-state index in [0.29, 0.717) is 0 Å². The second-order valence-electron chi connectivity index (χ2n) is 4.06. The number of nitrogens with one attached hydrogen (secondary N) is 1. The summed E-state index contributed by atoms with van der Waals surface area (Å²) in [5.41, 5.74) is 4.97. The predicted octanol–water partition coefficient (Wildman–Crippen LogP) is 2.47. The summed E-state index contributed by atoms with van der Waals surface area (Å²) in [4.78, 5) is 12.6. The van der Waals surface area contributed by atoms with E-state index in [1.807, 2.05) is 0 Å². The fourth-order valence-electron chi connectivity index (χ4n) is 2.13.